The average molecular weight is 338 g/mol. The topological polar surface area (TPSA) is 23.6 Å². The summed E-state index contributed by atoms with van der Waals surface area (Å²) in [4.78, 5) is 17.0. The highest BCUT2D eigenvalue weighted by molar-refractivity contribution is 5.76. The number of amides is 1. The van der Waals surface area contributed by atoms with Gasteiger partial charge in [-0.3, -0.25) is 9.69 Å². The van der Waals surface area contributed by atoms with Crippen molar-refractivity contribution in [2.24, 2.45) is 0 Å². The molecule has 0 N–H and O–H groups in total. The standard InChI is InChI=1S/C22H30N2O/c1-4-23(17-20-11-7-5-8-12-20)22(25)15-16-24(19(2)3)18-21-13-9-6-10-14-21/h5-14,19H,4,15-18H2,1-3H3. The van der Waals surface area contributed by atoms with Crippen molar-refractivity contribution in [3.05, 3.63) is 71.8 Å². The van der Waals surface area contributed by atoms with Gasteiger partial charge in [-0.2, -0.15) is 0 Å². The molecule has 0 spiro atoms. The van der Waals surface area contributed by atoms with Crippen LogP contribution in [-0.4, -0.2) is 34.8 Å². The smallest absolute Gasteiger partial charge is 0.224 e. The van der Waals surface area contributed by atoms with Gasteiger partial charge in [-0.05, 0) is 31.9 Å². The Hall–Kier alpha value is -2.13. The van der Waals surface area contributed by atoms with Crippen LogP contribution in [-0.2, 0) is 17.9 Å². The number of benzene rings is 2. The summed E-state index contributed by atoms with van der Waals surface area (Å²) in [5.74, 6) is 0.227. The van der Waals surface area contributed by atoms with Crippen LogP contribution >= 0.6 is 0 Å². The Kier molecular flexibility index (Phi) is 7.68. The molecule has 0 fully saturated rings. The van der Waals surface area contributed by atoms with Gasteiger partial charge in [0, 0.05) is 38.6 Å². The predicted octanol–water partition coefficient (Wildman–Crippen LogP) is 4.34. The van der Waals surface area contributed by atoms with Crippen molar-refractivity contribution in [2.45, 2.75) is 46.3 Å². The van der Waals surface area contributed by atoms with E-state index in [9.17, 15) is 4.79 Å². The minimum absolute atomic E-state index is 0.227. The largest absolute Gasteiger partial charge is 0.339 e. The molecule has 2 aromatic carbocycles. The number of carbonyl (C=O) groups is 1. The number of hydrogen-bond donors (Lipinski definition) is 0. The van der Waals surface area contributed by atoms with Crippen LogP contribution in [0.5, 0.6) is 0 Å². The first-order chi connectivity index (χ1) is 12.1. The van der Waals surface area contributed by atoms with Gasteiger partial charge in [-0.25, -0.2) is 0 Å². The maximum absolute atomic E-state index is 12.7. The Morgan fingerprint density at radius 1 is 0.880 bits per heavy atom. The quantitative estimate of drug-likeness (QED) is 0.679. The molecule has 0 aliphatic rings. The summed E-state index contributed by atoms with van der Waals surface area (Å²) in [5, 5.41) is 0. The van der Waals surface area contributed by atoms with E-state index in [2.05, 4.69) is 55.1 Å². The first-order valence-electron chi connectivity index (χ1n) is 9.19. The van der Waals surface area contributed by atoms with Crippen LogP contribution in [0, 0.1) is 0 Å². The van der Waals surface area contributed by atoms with Crippen molar-refractivity contribution in [1.82, 2.24) is 9.80 Å². The highest BCUT2D eigenvalue weighted by Gasteiger charge is 2.16. The highest BCUT2D eigenvalue weighted by atomic mass is 16.2. The second-order valence-electron chi connectivity index (χ2n) is 6.69. The van der Waals surface area contributed by atoms with E-state index < -0.39 is 0 Å². The Morgan fingerprint density at radius 3 is 1.88 bits per heavy atom. The summed E-state index contributed by atoms with van der Waals surface area (Å²) < 4.78 is 0. The third-order valence-corrected chi connectivity index (χ3v) is 4.52. The second-order valence-corrected chi connectivity index (χ2v) is 6.69. The van der Waals surface area contributed by atoms with Crippen LogP contribution in [0.3, 0.4) is 0 Å². The monoisotopic (exact) mass is 338 g/mol. The number of nitrogens with zero attached hydrogens (tertiary/aromatic N) is 2. The molecule has 0 unspecified atom stereocenters. The zero-order chi connectivity index (χ0) is 18.1. The fraction of sp³-hybridized carbons (Fsp3) is 0.409. The fourth-order valence-electron chi connectivity index (χ4n) is 2.92. The first-order valence-corrected chi connectivity index (χ1v) is 9.19. The van der Waals surface area contributed by atoms with E-state index >= 15 is 0 Å². The van der Waals surface area contributed by atoms with E-state index in [1.165, 1.54) is 11.1 Å². The van der Waals surface area contributed by atoms with Crippen molar-refractivity contribution in [1.29, 1.82) is 0 Å². The summed E-state index contributed by atoms with van der Waals surface area (Å²) in [6, 6.07) is 21.1. The van der Waals surface area contributed by atoms with Crippen LogP contribution < -0.4 is 0 Å². The van der Waals surface area contributed by atoms with Crippen molar-refractivity contribution in [3.8, 4) is 0 Å². The van der Waals surface area contributed by atoms with Gasteiger partial charge < -0.3 is 4.90 Å². The SMILES string of the molecule is CCN(Cc1ccccc1)C(=O)CCN(Cc1ccccc1)C(C)C. The lowest BCUT2D eigenvalue weighted by molar-refractivity contribution is -0.132. The van der Waals surface area contributed by atoms with Crippen LogP contribution in [0.25, 0.3) is 0 Å². The number of carbonyl (C=O) groups excluding carboxylic acids is 1. The average Bonchev–Trinajstić information content (AvgIpc) is 2.64. The van der Waals surface area contributed by atoms with Crippen molar-refractivity contribution >= 4 is 5.91 Å². The molecule has 0 atom stereocenters. The molecular formula is C22H30N2O. The molecule has 3 nitrogen and oxygen atoms in total. The fourth-order valence-corrected chi connectivity index (χ4v) is 2.92. The van der Waals surface area contributed by atoms with E-state index in [0.29, 0.717) is 19.0 Å². The van der Waals surface area contributed by atoms with E-state index in [4.69, 9.17) is 0 Å². The Morgan fingerprint density at radius 2 is 1.40 bits per heavy atom. The minimum atomic E-state index is 0.227. The van der Waals surface area contributed by atoms with E-state index in [-0.39, 0.29) is 5.91 Å². The zero-order valence-corrected chi connectivity index (χ0v) is 15.7. The Bertz CT molecular complexity index is 625. The summed E-state index contributed by atoms with van der Waals surface area (Å²) in [7, 11) is 0. The number of hydrogen-bond acceptors (Lipinski definition) is 2. The maximum Gasteiger partial charge on any atom is 0.224 e. The lowest BCUT2D eigenvalue weighted by Crippen LogP contribution is -2.36. The molecule has 1 amide bonds. The third kappa shape index (κ3) is 6.35. The van der Waals surface area contributed by atoms with Gasteiger partial charge >= 0.3 is 0 Å². The highest BCUT2D eigenvalue weighted by Crippen LogP contribution is 2.11. The molecule has 2 aromatic rings. The minimum Gasteiger partial charge on any atom is -0.339 e. The summed E-state index contributed by atoms with van der Waals surface area (Å²) in [6.07, 6.45) is 0.561. The molecule has 0 aliphatic carbocycles. The van der Waals surface area contributed by atoms with Crippen LogP contribution in [0.1, 0.15) is 38.3 Å². The van der Waals surface area contributed by atoms with E-state index in [1.54, 1.807) is 0 Å². The van der Waals surface area contributed by atoms with Gasteiger partial charge in [0.05, 0.1) is 0 Å². The molecule has 0 bridgehead atoms. The maximum atomic E-state index is 12.7. The molecule has 2 rings (SSSR count). The first kappa shape index (κ1) is 19.2. The summed E-state index contributed by atoms with van der Waals surface area (Å²) >= 11 is 0. The molecule has 0 saturated carbocycles. The summed E-state index contributed by atoms with van der Waals surface area (Å²) in [5.41, 5.74) is 2.47. The Balaban J connectivity index is 1.90. The molecule has 0 radical (unpaired) electrons. The van der Waals surface area contributed by atoms with Gasteiger partial charge in [0.2, 0.25) is 5.91 Å². The summed E-state index contributed by atoms with van der Waals surface area (Å²) in [6.45, 7) is 9.53. The van der Waals surface area contributed by atoms with Gasteiger partial charge in [0.25, 0.3) is 0 Å². The molecule has 3 heteroatoms. The van der Waals surface area contributed by atoms with Gasteiger partial charge in [0.1, 0.15) is 0 Å². The molecule has 0 saturated heterocycles. The lowest BCUT2D eigenvalue weighted by atomic mass is 10.1. The van der Waals surface area contributed by atoms with Crippen LogP contribution in [0.15, 0.2) is 60.7 Å². The molecule has 0 heterocycles. The Labute approximate surface area is 152 Å². The van der Waals surface area contributed by atoms with Crippen LogP contribution in [0.4, 0.5) is 0 Å². The molecule has 134 valence electrons. The van der Waals surface area contributed by atoms with Crippen molar-refractivity contribution in [3.63, 3.8) is 0 Å². The van der Waals surface area contributed by atoms with Gasteiger partial charge in [-0.1, -0.05) is 60.7 Å². The molecule has 0 aliphatic heterocycles. The van der Waals surface area contributed by atoms with Crippen molar-refractivity contribution in [2.75, 3.05) is 13.1 Å². The van der Waals surface area contributed by atoms with Gasteiger partial charge in [-0.15, -0.1) is 0 Å². The van der Waals surface area contributed by atoms with E-state index in [1.807, 2.05) is 36.1 Å². The molecule has 25 heavy (non-hydrogen) atoms. The molecule has 0 aromatic heterocycles. The lowest BCUT2D eigenvalue weighted by Gasteiger charge is -2.28. The van der Waals surface area contributed by atoms with Crippen molar-refractivity contribution < 1.29 is 4.79 Å². The van der Waals surface area contributed by atoms with Crippen LogP contribution in [0.2, 0.25) is 0 Å². The normalized spacial score (nSPS) is 11.1. The predicted molar refractivity (Wildman–Crippen MR) is 104 cm³/mol. The third-order valence-electron chi connectivity index (χ3n) is 4.52. The molecular weight excluding hydrogens is 308 g/mol. The van der Waals surface area contributed by atoms with E-state index in [0.717, 1.165) is 19.6 Å². The second kappa shape index (κ2) is 10.00. The zero-order valence-electron chi connectivity index (χ0n) is 15.7. The van der Waals surface area contributed by atoms with Gasteiger partial charge in [0.15, 0.2) is 0 Å². The number of rotatable bonds is 9.